The van der Waals surface area contributed by atoms with Crippen molar-refractivity contribution in [1.29, 1.82) is 0 Å². The van der Waals surface area contributed by atoms with Crippen molar-refractivity contribution in [1.82, 2.24) is 16.0 Å². The van der Waals surface area contributed by atoms with Crippen LogP contribution in [-0.2, 0) is 9.53 Å². The molecule has 3 N–H and O–H groups in total. The molecule has 0 atom stereocenters. The number of halogens is 4. The molecule has 1 aliphatic rings. The average Bonchev–Trinajstić information content (AvgIpc) is 2.78. The van der Waals surface area contributed by atoms with Crippen LogP contribution in [0.1, 0.15) is 20.8 Å². The van der Waals surface area contributed by atoms with Gasteiger partial charge in [0.2, 0.25) is 0 Å². The summed E-state index contributed by atoms with van der Waals surface area (Å²) in [5.41, 5.74) is -0.308. The molecular weight excluding hydrogens is 497 g/mol. The predicted octanol–water partition coefficient (Wildman–Crippen LogP) is 4.78. The second-order valence-corrected chi connectivity index (χ2v) is 8.28. The highest BCUT2D eigenvalue weighted by Crippen LogP contribution is 2.33. The van der Waals surface area contributed by atoms with Gasteiger partial charge in [0.05, 0.1) is 11.6 Å². The predicted molar refractivity (Wildman–Crippen MR) is 135 cm³/mol. The van der Waals surface area contributed by atoms with Crippen molar-refractivity contribution in [3.63, 3.8) is 0 Å². The topological polar surface area (TPSA) is 82.5 Å². The van der Waals surface area contributed by atoms with Gasteiger partial charge in [0.1, 0.15) is 18.2 Å². The highest BCUT2D eigenvalue weighted by molar-refractivity contribution is 6.32. The molecule has 0 radical (unpaired) electrons. The van der Waals surface area contributed by atoms with Gasteiger partial charge in [-0.1, -0.05) is 44.2 Å². The van der Waals surface area contributed by atoms with Crippen LogP contribution >= 0.6 is 11.6 Å². The Morgan fingerprint density at radius 2 is 1.97 bits per heavy atom. The number of nitrogens with zero attached hydrogens (tertiary/aromatic N) is 1. The molecule has 1 aliphatic heterocycles. The fourth-order valence-corrected chi connectivity index (χ4v) is 3.16. The van der Waals surface area contributed by atoms with Gasteiger partial charge in [0.25, 0.3) is 5.70 Å². The first kappa shape index (κ1) is 30.5. The second-order valence-electron chi connectivity index (χ2n) is 7.87. The van der Waals surface area contributed by atoms with Gasteiger partial charge in [-0.3, -0.25) is 4.79 Å². The fourth-order valence-electron chi connectivity index (χ4n) is 2.72. The van der Waals surface area contributed by atoms with Crippen molar-refractivity contribution in [2.45, 2.75) is 26.9 Å². The van der Waals surface area contributed by atoms with Gasteiger partial charge in [-0.05, 0) is 31.1 Å². The number of hydrogen-bond acceptors (Lipinski definition) is 3. The van der Waals surface area contributed by atoms with E-state index in [4.69, 9.17) is 16.3 Å². The van der Waals surface area contributed by atoms with Crippen LogP contribution in [0.15, 0.2) is 82.6 Å². The maximum Gasteiger partial charge on any atom is 0.417 e. The molecule has 0 aromatic carbocycles. The Balaban J connectivity index is 2.81. The molecule has 3 amide bonds. The Bertz CT molecular complexity index is 1060. The number of carbonyl (C=O) groups excluding carboxylic acids is 2. The highest BCUT2D eigenvalue weighted by Gasteiger charge is 2.35. The summed E-state index contributed by atoms with van der Waals surface area (Å²) >= 11 is 5.79. The van der Waals surface area contributed by atoms with E-state index >= 15 is 0 Å². The second kappa shape index (κ2) is 14.1. The lowest BCUT2D eigenvalue weighted by atomic mass is 10.1. The Hall–Kier alpha value is -3.53. The molecule has 11 heteroatoms. The molecule has 1 rings (SSSR count). The van der Waals surface area contributed by atoms with E-state index in [9.17, 15) is 22.8 Å². The highest BCUT2D eigenvalue weighted by atomic mass is 35.5. The van der Waals surface area contributed by atoms with E-state index in [1.165, 1.54) is 42.0 Å². The van der Waals surface area contributed by atoms with Crippen LogP contribution in [0.3, 0.4) is 0 Å². The molecule has 0 aromatic rings. The molecule has 1 heterocycles. The maximum atomic E-state index is 13.2. The summed E-state index contributed by atoms with van der Waals surface area (Å²) in [7, 11) is 1.51. The molecule has 0 fully saturated rings. The number of carbonyl (C=O) groups is 2. The van der Waals surface area contributed by atoms with E-state index in [2.05, 4.69) is 29.2 Å². The molecule has 7 nitrogen and oxygen atoms in total. The summed E-state index contributed by atoms with van der Waals surface area (Å²) in [6.45, 7) is 12.4. The molecule has 0 aromatic heterocycles. The zero-order valence-electron chi connectivity index (χ0n) is 20.6. The van der Waals surface area contributed by atoms with Crippen LogP contribution in [-0.4, -0.2) is 49.5 Å². The molecule has 0 saturated heterocycles. The number of urea groups is 1. The van der Waals surface area contributed by atoms with E-state index in [-0.39, 0.29) is 18.4 Å². The lowest BCUT2D eigenvalue weighted by molar-refractivity contribution is -0.453. The summed E-state index contributed by atoms with van der Waals surface area (Å²) in [6.07, 6.45) is 5.19. The number of likely N-dealkylation sites (N-methyl/N-ethyl adjacent to an activating group) is 1. The van der Waals surface area contributed by atoms with Gasteiger partial charge in [-0.2, -0.15) is 17.7 Å². The van der Waals surface area contributed by atoms with Gasteiger partial charge in [-0.15, -0.1) is 0 Å². The van der Waals surface area contributed by atoms with Crippen LogP contribution in [0.2, 0.25) is 0 Å². The third-order valence-electron chi connectivity index (χ3n) is 4.45. The summed E-state index contributed by atoms with van der Waals surface area (Å²) in [6, 6.07) is -0.705. The van der Waals surface area contributed by atoms with Gasteiger partial charge < -0.3 is 20.7 Å². The Morgan fingerprint density at radius 1 is 1.31 bits per heavy atom. The van der Waals surface area contributed by atoms with Crippen LogP contribution in [0.25, 0.3) is 0 Å². The Labute approximate surface area is 214 Å². The van der Waals surface area contributed by atoms with Crippen LogP contribution in [0.5, 0.6) is 0 Å². The molecule has 0 bridgehead atoms. The third kappa shape index (κ3) is 10.4. The Morgan fingerprint density at radius 3 is 2.53 bits per heavy atom. The first-order chi connectivity index (χ1) is 16.8. The summed E-state index contributed by atoms with van der Waals surface area (Å²) in [4.78, 5) is 24.0. The van der Waals surface area contributed by atoms with Crippen molar-refractivity contribution in [3.8, 4) is 0 Å². The third-order valence-corrected chi connectivity index (χ3v) is 4.78. The first-order valence-electron chi connectivity index (χ1n) is 10.9. The van der Waals surface area contributed by atoms with Crippen molar-refractivity contribution < 1.29 is 32.1 Å². The van der Waals surface area contributed by atoms with Gasteiger partial charge in [-0.25, -0.2) is 4.79 Å². The van der Waals surface area contributed by atoms with E-state index in [1.54, 1.807) is 26.8 Å². The average molecular weight is 528 g/mol. The minimum absolute atomic E-state index is 0.175. The van der Waals surface area contributed by atoms with E-state index in [1.807, 2.05) is 0 Å². The lowest BCUT2D eigenvalue weighted by Crippen LogP contribution is -2.34. The lowest BCUT2D eigenvalue weighted by Gasteiger charge is -2.13. The zero-order valence-corrected chi connectivity index (χ0v) is 21.4. The van der Waals surface area contributed by atoms with Crippen molar-refractivity contribution in [2.75, 3.05) is 20.1 Å². The quantitative estimate of drug-likeness (QED) is 0.217. The van der Waals surface area contributed by atoms with E-state index in [0.29, 0.717) is 29.5 Å². The van der Waals surface area contributed by atoms with Crippen LogP contribution in [0, 0.1) is 5.92 Å². The van der Waals surface area contributed by atoms with Crippen LogP contribution in [0.4, 0.5) is 18.0 Å². The fraction of sp³-hybridized carbons (Fsp3) is 0.320. The van der Waals surface area contributed by atoms with Crippen molar-refractivity contribution in [3.05, 3.63) is 82.6 Å². The molecule has 36 heavy (non-hydrogen) atoms. The summed E-state index contributed by atoms with van der Waals surface area (Å²) in [5.74, 6) is 0.252. The molecule has 0 unspecified atom stereocenters. The molecular formula is C25H31ClF3N4O3+. The molecule has 0 spiro atoms. The first-order valence-corrected chi connectivity index (χ1v) is 11.3. The molecule has 0 saturated carbocycles. The number of amides is 3. The minimum Gasteiger partial charge on any atom is -0.457 e. The normalized spacial score (nSPS) is 15.8. The summed E-state index contributed by atoms with van der Waals surface area (Å²) in [5, 5.41) is 6.92. The van der Waals surface area contributed by atoms with Gasteiger partial charge >= 0.3 is 18.1 Å². The number of nitrogens with one attached hydrogen (secondary N) is 3. The number of ether oxygens (including phenoxy) is 1. The standard InChI is InChI=1S/C25H30ClF3N4O3/c1-7-18(36-19-11-13-33(6)22(15-19)23(34)30-5)9-8-17(4)32-24(35)31-12-10-20(25(27,28)29)21(26)14-16(2)3/h7-11,14-16H,1,6,12-13H2,2-5H3,(H2-,30,31,32,34,35)/p+1. The van der Waals surface area contributed by atoms with Gasteiger partial charge in [0.15, 0.2) is 6.54 Å². The monoisotopic (exact) mass is 527 g/mol. The van der Waals surface area contributed by atoms with E-state index in [0.717, 1.165) is 6.08 Å². The van der Waals surface area contributed by atoms with E-state index < -0.39 is 22.8 Å². The number of hydrogen-bond donors (Lipinski definition) is 3. The maximum absolute atomic E-state index is 13.2. The smallest absolute Gasteiger partial charge is 0.417 e. The largest absolute Gasteiger partial charge is 0.457 e. The molecule has 196 valence electrons. The number of alkyl halides is 3. The summed E-state index contributed by atoms with van der Waals surface area (Å²) < 4.78 is 47.0. The van der Waals surface area contributed by atoms with Gasteiger partial charge in [0, 0.05) is 30.4 Å². The minimum atomic E-state index is -4.65. The van der Waals surface area contributed by atoms with Crippen molar-refractivity contribution >= 4 is 30.3 Å². The number of allylic oxidation sites excluding steroid dienone is 8. The zero-order chi connectivity index (χ0) is 27.5. The van der Waals surface area contributed by atoms with Crippen LogP contribution < -0.4 is 16.0 Å². The SMILES string of the molecule is C=CC(=CC=C(C)NC(=O)NCC=C(C(Cl)=CC(C)C)C(F)(F)F)OC1=CC[N+](=C)C(C(=O)NC)=C1. The number of rotatable bonds is 10. The van der Waals surface area contributed by atoms with Crippen molar-refractivity contribution in [2.24, 2.45) is 5.92 Å². The Kier molecular flexibility index (Phi) is 12.0. The molecule has 0 aliphatic carbocycles.